The van der Waals surface area contributed by atoms with Gasteiger partial charge in [0, 0.05) is 11.1 Å². The molecule has 0 fully saturated rings. The van der Waals surface area contributed by atoms with Crippen molar-refractivity contribution in [1.29, 1.82) is 0 Å². The molecular formula is C17H18O2. The third kappa shape index (κ3) is 3.02. The maximum absolute atomic E-state index is 12.5. The molecule has 19 heavy (non-hydrogen) atoms. The molecule has 2 aromatic carbocycles. The van der Waals surface area contributed by atoms with Gasteiger partial charge in [0.2, 0.25) is 0 Å². The fourth-order valence-corrected chi connectivity index (χ4v) is 2.10. The number of hydrogen-bond donors (Lipinski definition) is 0. The molecule has 2 heteroatoms. The van der Waals surface area contributed by atoms with E-state index in [9.17, 15) is 4.79 Å². The zero-order chi connectivity index (χ0) is 13.7. The van der Waals surface area contributed by atoms with Gasteiger partial charge in [0.05, 0.1) is 6.61 Å². The van der Waals surface area contributed by atoms with Crippen LogP contribution in [-0.2, 0) is 6.42 Å². The molecule has 0 aliphatic heterocycles. The molecular weight excluding hydrogens is 236 g/mol. The summed E-state index contributed by atoms with van der Waals surface area (Å²) < 4.78 is 5.44. The molecule has 0 unspecified atom stereocenters. The zero-order valence-electron chi connectivity index (χ0n) is 11.3. The Kier molecular flexibility index (Phi) is 4.35. The van der Waals surface area contributed by atoms with E-state index < -0.39 is 0 Å². The SMILES string of the molecule is CCOc1cccc(C(=O)c2ccccc2CC)c1. The van der Waals surface area contributed by atoms with Crippen molar-refractivity contribution in [3.05, 3.63) is 65.2 Å². The molecule has 0 aliphatic rings. The summed E-state index contributed by atoms with van der Waals surface area (Å²) in [6.45, 7) is 4.59. The summed E-state index contributed by atoms with van der Waals surface area (Å²) in [5.74, 6) is 0.793. The summed E-state index contributed by atoms with van der Waals surface area (Å²) in [5.41, 5.74) is 2.53. The summed E-state index contributed by atoms with van der Waals surface area (Å²) in [6.07, 6.45) is 0.854. The van der Waals surface area contributed by atoms with Gasteiger partial charge in [-0.3, -0.25) is 4.79 Å². The van der Waals surface area contributed by atoms with Gasteiger partial charge in [-0.1, -0.05) is 43.3 Å². The van der Waals surface area contributed by atoms with E-state index in [1.54, 1.807) is 6.07 Å². The Morgan fingerprint density at radius 2 is 1.84 bits per heavy atom. The first kappa shape index (κ1) is 13.3. The lowest BCUT2D eigenvalue weighted by molar-refractivity contribution is 0.103. The summed E-state index contributed by atoms with van der Waals surface area (Å²) in [6, 6.07) is 15.1. The maximum Gasteiger partial charge on any atom is 0.193 e. The molecule has 0 spiro atoms. The van der Waals surface area contributed by atoms with Gasteiger partial charge in [-0.2, -0.15) is 0 Å². The van der Waals surface area contributed by atoms with Gasteiger partial charge in [0.25, 0.3) is 0 Å². The molecule has 0 saturated heterocycles. The fourth-order valence-electron chi connectivity index (χ4n) is 2.10. The third-order valence-electron chi connectivity index (χ3n) is 3.05. The molecule has 0 bridgehead atoms. The second-order valence-electron chi connectivity index (χ2n) is 4.30. The fraction of sp³-hybridized carbons (Fsp3) is 0.235. The van der Waals surface area contributed by atoms with E-state index >= 15 is 0 Å². The first-order valence-corrected chi connectivity index (χ1v) is 6.61. The van der Waals surface area contributed by atoms with Crippen molar-refractivity contribution in [3.8, 4) is 5.75 Å². The van der Waals surface area contributed by atoms with Gasteiger partial charge in [0.15, 0.2) is 5.78 Å². The first-order chi connectivity index (χ1) is 9.26. The van der Waals surface area contributed by atoms with Crippen LogP contribution in [0.4, 0.5) is 0 Å². The van der Waals surface area contributed by atoms with Gasteiger partial charge < -0.3 is 4.74 Å². The monoisotopic (exact) mass is 254 g/mol. The lowest BCUT2D eigenvalue weighted by Gasteiger charge is -2.08. The molecule has 0 amide bonds. The van der Waals surface area contributed by atoms with Crippen molar-refractivity contribution in [2.45, 2.75) is 20.3 Å². The standard InChI is InChI=1S/C17H18O2/c1-3-13-8-5-6-11-16(13)17(18)14-9-7-10-15(12-14)19-4-2/h5-12H,3-4H2,1-2H3. The minimum Gasteiger partial charge on any atom is -0.494 e. The summed E-state index contributed by atoms with van der Waals surface area (Å²) >= 11 is 0. The predicted octanol–water partition coefficient (Wildman–Crippen LogP) is 3.88. The lowest BCUT2D eigenvalue weighted by atomic mass is 9.97. The predicted molar refractivity (Wildman–Crippen MR) is 76.9 cm³/mol. The highest BCUT2D eigenvalue weighted by molar-refractivity contribution is 6.10. The van der Waals surface area contributed by atoms with E-state index in [2.05, 4.69) is 6.92 Å². The van der Waals surface area contributed by atoms with Crippen LogP contribution >= 0.6 is 0 Å². The van der Waals surface area contributed by atoms with Crippen LogP contribution in [0.15, 0.2) is 48.5 Å². The average Bonchev–Trinajstić information content (AvgIpc) is 2.47. The molecule has 2 nitrogen and oxygen atoms in total. The van der Waals surface area contributed by atoms with Gasteiger partial charge in [-0.25, -0.2) is 0 Å². The smallest absolute Gasteiger partial charge is 0.193 e. The lowest BCUT2D eigenvalue weighted by Crippen LogP contribution is -2.05. The second kappa shape index (κ2) is 6.19. The molecule has 0 heterocycles. The van der Waals surface area contributed by atoms with E-state index in [0.29, 0.717) is 12.2 Å². The number of carbonyl (C=O) groups excluding carboxylic acids is 1. The molecule has 98 valence electrons. The van der Waals surface area contributed by atoms with Crippen molar-refractivity contribution in [3.63, 3.8) is 0 Å². The number of ether oxygens (including phenoxy) is 1. The number of ketones is 1. The topological polar surface area (TPSA) is 26.3 Å². The number of aryl methyl sites for hydroxylation is 1. The Morgan fingerprint density at radius 3 is 2.58 bits per heavy atom. The van der Waals surface area contributed by atoms with Crippen molar-refractivity contribution >= 4 is 5.78 Å². The molecule has 2 rings (SSSR count). The minimum atomic E-state index is 0.0546. The van der Waals surface area contributed by atoms with Crippen LogP contribution in [0.5, 0.6) is 5.75 Å². The van der Waals surface area contributed by atoms with Crippen LogP contribution < -0.4 is 4.74 Å². The van der Waals surface area contributed by atoms with Crippen LogP contribution in [-0.4, -0.2) is 12.4 Å². The molecule has 2 aromatic rings. The second-order valence-corrected chi connectivity index (χ2v) is 4.30. The quantitative estimate of drug-likeness (QED) is 0.757. The van der Waals surface area contributed by atoms with Crippen LogP contribution in [0.3, 0.4) is 0 Å². The van der Waals surface area contributed by atoms with E-state index in [4.69, 9.17) is 4.74 Å². The van der Waals surface area contributed by atoms with Crippen LogP contribution in [0.1, 0.15) is 35.3 Å². The molecule has 0 aliphatic carbocycles. The largest absolute Gasteiger partial charge is 0.494 e. The van der Waals surface area contributed by atoms with E-state index in [1.165, 1.54) is 0 Å². The third-order valence-corrected chi connectivity index (χ3v) is 3.05. The van der Waals surface area contributed by atoms with Crippen molar-refractivity contribution in [2.75, 3.05) is 6.61 Å². The highest BCUT2D eigenvalue weighted by Crippen LogP contribution is 2.19. The Balaban J connectivity index is 2.35. The van der Waals surface area contributed by atoms with Crippen molar-refractivity contribution in [2.24, 2.45) is 0 Å². The first-order valence-electron chi connectivity index (χ1n) is 6.61. The number of rotatable bonds is 5. The van der Waals surface area contributed by atoms with E-state index in [1.807, 2.05) is 49.4 Å². The molecule has 0 saturated carbocycles. The van der Waals surface area contributed by atoms with E-state index in [-0.39, 0.29) is 5.78 Å². The number of benzene rings is 2. The molecule has 0 atom stereocenters. The van der Waals surface area contributed by atoms with Gasteiger partial charge in [0.1, 0.15) is 5.75 Å². The summed E-state index contributed by atoms with van der Waals surface area (Å²) in [5, 5.41) is 0. The Bertz CT molecular complexity index is 573. The van der Waals surface area contributed by atoms with Crippen LogP contribution in [0, 0.1) is 0 Å². The Labute approximate surface area is 114 Å². The van der Waals surface area contributed by atoms with Gasteiger partial charge in [-0.15, -0.1) is 0 Å². The highest BCUT2D eigenvalue weighted by Gasteiger charge is 2.12. The minimum absolute atomic E-state index is 0.0546. The maximum atomic E-state index is 12.5. The van der Waals surface area contributed by atoms with Crippen LogP contribution in [0.2, 0.25) is 0 Å². The normalized spacial score (nSPS) is 10.2. The van der Waals surface area contributed by atoms with E-state index in [0.717, 1.165) is 23.3 Å². The van der Waals surface area contributed by atoms with Crippen molar-refractivity contribution < 1.29 is 9.53 Å². The summed E-state index contributed by atoms with van der Waals surface area (Å²) in [4.78, 5) is 12.5. The summed E-state index contributed by atoms with van der Waals surface area (Å²) in [7, 11) is 0. The molecule has 0 N–H and O–H groups in total. The average molecular weight is 254 g/mol. The Morgan fingerprint density at radius 1 is 1.05 bits per heavy atom. The van der Waals surface area contributed by atoms with Crippen LogP contribution in [0.25, 0.3) is 0 Å². The Hall–Kier alpha value is -2.09. The van der Waals surface area contributed by atoms with Gasteiger partial charge >= 0.3 is 0 Å². The molecule has 0 aromatic heterocycles. The number of hydrogen-bond acceptors (Lipinski definition) is 2. The zero-order valence-corrected chi connectivity index (χ0v) is 11.3. The highest BCUT2D eigenvalue weighted by atomic mass is 16.5. The van der Waals surface area contributed by atoms with Gasteiger partial charge in [-0.05, 0) is 31.0 Å². The van der Waals surface area contributed by atoms with Crippen molar-refractivity contribution in [1.82, 2.24) is 0 Å². The number of carbonyl (C=O) groups is 1. The molecule has 0 radical (unpaired) electrons.